The minimum atomic E-state index is -2.49. The fourth-order valence-corrected chi connectivity index (χ4v) is 2.11. The minimum absolute atomic E-state index is 0.252. The molecule has 0 aromatic carbocycles. The Kier molecular flexibility index (Phi) is 4.45. The summed E-state index contributed by atoms with van der Waals surface area (Å²) in [5, 5.41) is 2.27. The molecular formula is C10H18F2N2O. The Bertz CT molecular complexity index is 215. The lowest BCUT2D eigenvalue weighted by molar-refractivity contribution is -0.133. The second-order valence-corrected chi connectivity index (χ2v) is 4.15. The lowest BCUT2D eigenvalue weighted by Gasteiger charge is -2.34. The number of carbonyl (C=O) groups is 1. The van der Waals surface area contributed by atoms with Crippen molar-refractivity contribution in [2.24, 2.45) is 11.1 Å². The van der Waals surface area contributed by atoms with Gasteiger partial charge in [0.05, 0.1) is 12.0 Å². The number of alkyl halides is 2. The van der Waals surface area contributed by atoms with Crippen LogP contribution in [0.3, 0.4) is 0 Å². The molecule has 0 atom stereocenters. The van der Waals surface area contributed by atoms with E-state index in [2.05, 4.69) is 5.32 Å². The smallest absolute Gasteiger partial charge is 0.255 e. The fraction of sp³-hybridized carbons (Fsp3) is 0.900. The Balaban J connectivity index is 2.52. The van der Waals surface area contributed by atoms with Gasteiger partial charge < -0.3 is 11.1 Å². The van der Waals surface area contributed by atoms with Crippen molar-refractivity contribution in [2.45, 2.75) is 38.5 Å². The number of hydrogen-bond acceptors (Lipinski definition) is 2. The molecule has 0 unspecified atom stereocenters. The van der Waals surface area contributed by atoms with E-state index < -0.39 is 18.4 Å². The zero-order valence-corrected chi connectivity index (χ0v) is 8.77. The number of rotatable bonds is 4. The van der Waals surface area contributed by atoms with Crippen LogP contribution in [0.15, 0.2) is 0 Å². The molecule has 0 aliphatic heterocycles. The van der Waals surface area contributed by atoms with E-state index in [1.54, 1.807) is 0 Å². The summed E-state index contributed by atoms with van der Waals surface area (Å²) in [5.74, 6) is -0.301. The average Bonchev–Trinajstić information content (AvgIpc) is 2.26. The first-order valence-electron chi connectivity index (χ1n) is 5.37. The fourth-order valence-electron chi connectivity index (χ4n) is 2.11. The van der Waals surface area contributed by atoms with Crippen LogP contribution in [0.5, 0.6) is 0 Å². The van der Waals surface area contributed by atoms with Gasteiger partial charge in [-0.2, -0.15) is 0 Å². The van der Waals surface area contributed by atoms with Crippen molar-refractivity contribution in [3.05, 3.63) is 0 Å². The van der Waals surface area contributed by atoms with Gasteiger partial charge in [-0.15, -0.1) is 0 Å². The van der Waals surface area contributed by atoms with Crippen molar-refractivity contribution in [3.8, 4) is 0 Å². The molecule has 3 nitrogen and oxygen atoms in total. The molecule has 0 aromatic rings. The SMILES string of the molecule is NCC1(C(=O)NCC(F)F)CCCCC1. The first kappa shape index (κ1) is 12.4. The number of hydrogen-bond donors (Lipinski definition) is 2. The molecule has 88 valence electrons. The van der Waals surface area contributed by atoms with Crippen LogP contribution in [0.1, 0.15) is 32.1 Å². The second-order valence-electron chi connectivity index (χ2n) is 4.15. The predicted molar refractivity (Wildman–Crippen MR) is 53.6 cm³/mol. The Morgan fingerprint density at radius 3 is 2.40 bits per heavy atom. The van der Waals surface area contributed by atoms with E-state index >= 15 is 0 Å². The van der Waals surface area contributed by atoms with Gasteiger partial charge in [-0.3, -0.25) is 4.79 Å². The summed E-state index contributed by atoms with van der Waals surface area (Å²) in [7, 11) is 0. The first-order valence-corrected chi connectivity index (χ1v) is 5.37. The average molecular weight is 220 g/mol. The van der Waals surface area contributed by atoms with E-state index in [4.69, 9.17) is 5.73 Å². The molecule has 0 saturated heterocycles. The third-order valence-corrected chi connectivity index (χ3v) is 3.10. The Hall–Kier alpha value is -0.710. The molecule has 1 amide bonds. The number of carbonyl (C=O) groups excluding carboxylic acids is 1. The highest BCUT2D eigenvalue weighted by molar-refractivity contribution is 5.83. The van der Waals surface area contributed by atoms with E-state index in [-0.39, 0.29) is 12.5 Å². The van der Waals surface area contributed by atoms with Crippen LogP contribution in [0, 0.1) is 5.41 Å². The molecular weight excluding hydrogens is 202 g/mol. The molecule has 5 heteroatoms. The third-order valence-electron chi connectivity index (χ3n) is 3.10. The van der Waals surface area contributed by atoms with Crippen molar-refractivity contribution in [1.82, 2.24) is 5.32 Å². The van der Waals surface area contributed by atoms with Gasteiger partial charge in [-0.1, -0.05) is 19.3 Å². The molecule has 0 radical (unpaired) electrons. The number of halogens is 2. The van der Waals surface area contributed by atoms with E-state index in [1.165, 1.54) is 0 Å². The predicted octanol–water partition coefficient (Wildman–Crippen LogP) is 1.28. The second kappa shape index (κ2) is 5.39. The number of amides is 1. The molecule has 0 bridgehead atoms. The molecule has 1 aliphatic carbocycles. The molecule has 1 fully saturated rings. The topological polar surface area (TPSA) is 55.1 Å². The maximum atomic E-state index is 11.9. The largest absolute Gasteiger partial charge is 0.350 e. The van der Waals surface area contributed by atoms with Crippen molar-refractivity contribution >= 4 is 5.91 Å². The summed E-state index contributed by atoms with van der Waals surface area (Å²) in [6, 6.07) is 0. The van der Waals surface area contributed by atoms with Crippen molar-refractivity contribution in [3.63, 3.8) is 0 Å². The van der Waals surface area contributed by atoms with Gasteiger partial charge in [0, 0.05) is 6.54 Å². The van der Waals surface area contributed by atoms with Crippen LogP contribution in [0.2, 0.25) is 0 Å². The molecule has 0 aromatic heterocycles. The van der Waals surface area contributed by atoms with E-state index in [9.17, 15) is 13.6 Å². The highest BCUT2D eigenvalue weighted by Crippen LogP contribution is 2.35. The summed E-state index contributed by atoms with van der Waals surface area (Å²) >= 11 is 0. The van der Waals surface area contributed by atoms with Crippen molar-refractivity contribution in [1.29, 1.82) is 0 Å². The number of nitrogens with two attached hydrogens (primary N) is 1. The first-order chi connectivity index (χ1) is 7.10. The zero-order valence-electron chi connectivity index (χ0n) is 8.77. The Morgan fingerprint density at radius 2 is 1.93 bits per heavy atom. The highest BCUT2D eigenvalue weighted by Gasteiger charge is 2.38. The van der Waals surface area contributed by atoms with Crippen LogP contribution in [-0.4, -0.2) is 25.4 Å². The van der Waals surface area contributed by atoms with Gasteiger partial charge >= 0.3 is 0 Å². The van der Waals surface area contributed by atoms with Gasteiger partial charge in [0.2, 0.25) is 5.91 Å². The molecule has 1 rings (SSSR count). The maximum absolute atomic E-state index is 11.9. The lowest BCUT2D eigenvalue weighted by atomic mass is 9.73. The Labute approximate surface area is 88.4 Å². The van der Waals surface area contributed by atoms with Gasteiger partial charge in [-0.25, -0.2) is 8.78 Å². The Morgan fingerprint density at radius 1 is 1.33 bits per heavy atom. The monoisotopic (exact) mass is 220 g/mol. The van der Waals surface area contributed by atoms with Crippen LogP contribution in [0.25, 0.3) is 0 Å². The van der Waals surface area contributed by atoms with Gasteiger partial charge in [0.25, 0.3) is 6.43 Å². The van der Waals surface area contributed by atoms with Crippen LogP contribution < -0.4 is 11.1 Å². The standard InChI is InChI=1S/C10H18F2N2O/c11-8(12)6-14-9(15)10(7-13)4-2-1-3-5-10/h8H,1-7,13H2,(H,14,15). The molecule has 3 N–H and O–H groups in total. The quantitative estimate of drug-likeness (QED) is 0.749. The third kappa shape index (κ3) is 3.12. The molecule has 1 saturated carbocycles. The zero-order chi connectivity index (χ0) is 11.3. The summed E-state index contributed by atoms with van der Waals surface area (Å²) in [4.78, 5) is 11.7. The summed E-state index contributed by atoms with van der Waals surface area (Å²) in [6.45, 7) is -0.317. The van der Waals surface area contributed by atoms with Crippen LogP contribution >= 0.6 is 0 Å². The van der Waals surface area contributed by atoms with Crippen molar-refractivity contribution < 1.29 is 13.6 Å². The van der Waals surface area contributed by atoms with E-state index in [1.807, 2.05) is 0 Å². The molecule has 0 heterocycles. The molecule has 15 heavy (non-hydrogen) atoms. The van der Waals surface area contributed by atoms with Crippen LogP contribution in [0.4, 0.5) is 8.78 Å². The summed E-state index contributed by atoms with van der Waals surface area (Å²) in [5.41, 5.74) is 5.01. The van der Waals surface area contributed by atoms with Gasteiger partial charge in [-0.05, 0) is 12.8 Å². The normalized spacial score (nSPS) is 20.3. The van der Waals surface area contributed by atoms with Crippen LogP contribution in [-0.2, 0) is 4.79 Å². The van der Waals surface area contributed by atoms with Gasteiger partial charge in [0.1, 0.15) is 0 Å². The molecule has 0 spiro atoms. The summed E-state index contributed by atoms with van der Waals surface area (Å²) in [6.07, 6.45) is 1.96. The lowest BCUT2D eigenvalue weighted by Crippen LogP contribution is -2.48. The van der Waals surface area contributed by atoms with Crippen molar-refractivity contribution in [2.75, 3.05) is 13.1 Å². The minimum Gasteiger partial charge on any atom is -0.350 e. The van der Waals surface area contributed by atoms with Gasteiger partial charge in [0.15, 0.2) is 0 Å². The van der Waals surface area contributed by atoms with E-state index in [0.29, 0.717) is 0 Å². The summed E-state index contributed by atoms with van der Waals surface area (Å²) < 4.78 is 23.9. The molecule has 1 aliphatic rings. The van der Waals surface area contributed by atoms with E-state index in [0.717, 1.165) is 32.1 Å². The highest BCUT2D eigenvalue weighted by atomic mass is 19.3. The maximum Gasteiger partial charge on any atom is 0.255 e. The number of nitrogens with one attached hydrogen (secondary N) is 1.